The summed E-state index contributed by atoms with van der Waals surface area (Å²) >= 11 is 6.24. The first-order valence-corrected chi connectivity index (χ1v) is 5.15. The first-order valence-electron chi connectivity index (χ1n) is 4.77. The third-order valence-electron chi connectivity index (χ3n) is 2.88. The number of aromatic hydroxyl groups is 1. The number of benzene rings is 1. The van der Waals surface area contributed by atoms with Gasteiger partial charge in [0.1, 0.15) is 5.75 Å². The molecule has 1 N–H and O–H groups in total. The molecule has 0 unspecified atom stereocenters. The van der Waals surface area contributed by atoms with Crippen molar-refractivity contribution in [3.63, 3.8) is 0 Å². The molecule has 2 heterocycles. The monoisotopic (exact) mass is 207 g/mol. The molecule has 1 aromatic heterocycles. The van der Waals surface area contributed by atoms with Crippen molar-refractivity contribution in [3.05, 3.63) is 28.9 Å². The molecular weight excluding hydrogens is 198 g/mol. The summed E-state index contributed by atoms with van der Waals surface area (Å²) in [6.45, 7) is 1.04. The van der Waals surface area contributed by atoms with Gasteiger partial charge >= 0.3 is 0 Å². The average Bonchev–Trinajstić information content (AvgIpc) is 2.72. The van der Waals surface area contributed by atoms with E-state index < -0.39 is 0 Å². The Kier molecular flexibility index (Phi) is 1.56. The van der Waals surface area contributed by atoms with Crippen molar-refractivity contribution < 1.29 is 5.11 Å². The van der Waals surface area contributed by atoms with Crippen molar-refractivity contribution in [3.8, 4) is 5.75 Å². The number of nitrogens with zero attached hydrogens (tertiary/aromatic N) is 1. The maximum Gasteiger partial charge on any atom is 0.116 e. The van der Waals surface area contributed by atoms with Gasteiger partial charge in [0, 0.05) is 17.6 Å². The van der Waals surface area contributed by atoms with E-state index in [2.05, 4.69) is 4.57 Å². The van der Waals surface area contributed by atoms with Crippen LogP contribution in [0.15, 0.2) is 18.2 Å². The first-order chi connectivity index (χ1) is 6.77. The highest BCUT2D eigenvalue weighted by atomic mass is 35.5. The van der Waals surface area contributed by atoms with Crippen LogP contribution < -0.4 is 0 Å². The predicted octanol–water partition coefficient (Wildman–Crippen LogP) is 2.95. The van der Waals surface area contributed by atoms with Crippen LogP contribution in [0.4, 0.5) is 0 Å². The largest absolute Gasteiger partial charge is 0.508 e. The summed E-state index contributed by atoms with van der Waals surface area (Å²) in [6, 6.07) is 5.39. The molecule has 1 aromatic carbocycles. The number of halogens is 1. The molecule has 0 amide bonds. The Morgan fingerprint density at radius 3 is 3.07 bits per heavy atom. The molecule has 14 heavy (non-hydrogen) atoms. The molecule has 0 fully saturated rings. The molecule has 0 saturated heterocycles. The van der Waals surface area contributed by atoms with Crippen LogP contribution in [-0.4, -0.2) is 9.67 Å². The van der Waals surface area contributed by atoms with E-state index >= 15 is 0 Å². The van der Waals surface area contributed by atoms with Gasteiger partial charge < -0.3 is 9.67 Å². The summed E-state index contributed by atoms with van der Waals surface area (Å²) in [7, 11) is 0. The second-order valence-electron chi connectivity index (χ2n) is 3.72. The van der Waals surface area contributed by atoms with Gasteiger partial charge in [0.25, 0.3) is 0 Å². The second-order valence-corrected chi connectivity index (χ2v) is 4.10. The van der Waals surface area contributed by atoms with E-state index in [4.69, 9.17) is 11.6 Å². The molecule has 0 saturated carbocycles. The van der Waals surface area contributed by atoms with Gasteiger partial charge in [0.15, 0.2) is 0 Å². The van der Waals surface area contributed by atoms with Crippen molar-refractivity contribution in [1.82, 2.24) is 4.57 Å². The Morgan fingerprint density at radius 2 is 2.21 bits per heavy atom. The van der Waals surface area contributed by atoms with Crippen LogP contribution in [0.3, 0.4) is 0 Å². The molecule has 0 atom stereocenters. The fourth-order valence-corrected chi connectivity index (χ4v) is 2.61. The minimum atomic E-state index is 0.281. The standard InChI is InChI=1S/C11H10ClNO/c12-11-8-6-7(14)3-4-9(8)13-5-1-2-10(11)13/h3-4,6,14H,1-2,5H2. The van der Waals surface area contributed by atoms with Crippen LogP contribution >= 0.6 is 11.6 Å². The van der Waals surface area contributed by atoms with Gasteiger partial charge in [-0.2, -0.15) is 0 Å². The second kappa shape index (κ2) is 2.67. The number of aromatic nitrogens is 1. The predicted molar refractivity (Wildman–Crippen MR) is 56.9 cm³/mol. The highest BCUT2D eigenvalue weighted by molar-refractivity contribution is 6.36. The van der Waals surface area contributed by atoms with Crippen molar-refractivity contribution in [2.75, 3.05) is 0 Å². The number of fused-ring (bicyclic) bond motifs is 3. The van der Waals surface area contributed by atoms with Crippen LogP contribution in [0.1, 0.15) is 12.1 Å². The summed E-state index contributed by atoms with van der Waals surface area (Å²) in [5.74, 6) is 0.281. The summed E-state index contributed by atoms with van der Waals surface area (Å²) in [6.07, 6.45) is 2.22. The molecular formula is C11H10ClNO. The molecule has 0 spiro atoms. The fraction of sp³-hybridized carbons (Fsp3) is 0.273. The van der Waals surface area contributed by atoms with Crippen LogP contribution in [-0.2, 0) is 13.0 Å². The fourth-order valence-electron chi connectivity index (χ4n) is 2.26. The maximum absolute atomic E-state index is 9.38. The maximum atomic E-state index is 9.38. The number of rotatable bonds is 0. The molecule has 3 rings (SSSR count). The van der Waals surface area contributed by atoms with Gasteiger partial charge in [-0.15, -0.1) is 0 Å². The van der Waals surface area contributed by atoms with E-state index in [1.165, 1.54) is 12.1 Å². The minimum absolute atomic E-state index is 0.281. The van der Waals surface area contributed by atoms with Crippen molar-refractivity contribution in [1.29, 1.82) is 0 Å². The number of aryl methyl sites for hydroxylation is 1. The van der Waals surface area contributed by atoms with Gasteiger partial charge in [0.05, 0.1) is 10.5 Å². The lowest BCUT2D eigenvalue weighted by Crippen LogP contribution is -1.90. The lowest BCUT2D eigenvalue weighted by Gasteiger charge is -1.99. The smallest absolute Gasteiger partial charge is 0.116 e. The van der Waals surface area contributed by atoms with Crippen molar-refractivity contribution in [2.45, 2.75) is 19.4 Å². The lowest BCUT2D eigenvalue weighted by molar-refractivity contribution is 0.476. The van der Waals surface area contributed by atoms with Crippen LogP contribution in [0.25, 0.3) is 10.9 Å². The van der Waals surface area contributed by atoms with Crippen molar-refractivity contribution in [2.24, 2.45) is 0 Å². The SMILES string of the molecule is Oc1ccc2c(c1)c(Cl)c1n2CCC1. The van der Waals surface area contributed by atoms with E-state index in [9.17, 15) is 5.11 Å². The highest BCUT2D eigenvalue weighted by Gasteiger charge is 2.19. The topological polar surface area (TPSA) is 25.2 Å². The quantitative estimate of drug-likeness (QED) is 0.706. The molecule has 0 bridgehead atoms. The van der Waals surface area contributed by atoms with Crippen LogP contribution in [0.2, 0.25) is 5.02 Å². The third kappa shape index (κ3) is 0.919. The molecule has 3 heteroatoms. The summed E-state index contributed by atoms with van der Waals surface area (Å²) in [5, 5.41) is 11.2. The van der Waals surface area contributed by atoms with Gasteiger partial charge in [-0.25, -0.2) is 0 Å². The van der Waals surface area contributed by atoms with E-state index in [-0.39, 0.29) is 5.75 Å². The zero-order valence-corrected chi connectivity index (χ0v) is 8.38. The number of phenolic OH excluding ortho intramolecular Hbond substituents is 1. The Morgan fingerprint density at radius 1 is 1.36 bits per heavy atom. The normalized spacial score (nSPS) is 14.9. The Balaban J connectivity index is 2.45. The minimum Gasteiger partial charge on any atom is -0.508 e. The number of phenols is 1. The zero-order valence-electron chi connectivity index (χ0n) is 7.63. The van der Waals surface area contributed by atoms with Crippen LogP contribution in [0.5, 0.6) is 5.75 Å². The number of hydrogen-bond acceptors (Lipinski definition) is 1. The zero-order chi connectivity index (χ0) is 9.71. The molecule has 1 aliphatic heterocycles. The molecule has 2 aromatic rings. The lowest BCUT2D eigenvalue weighted by atomic mass is 10.2. The van der Waals surface area contributed by atoms with Crippen molar-refractivity contribution >= 4 is 22.5 Å². The van der Waals surface area contributed by atoms with Crippen LogP contribution in [0, 0.1) is 0 Å². The molecule has 2 nitrogen and oxygen atoms in total. The molecule has 0 aliphatic carbocycles. The van der Waals surface area contributed by atoms with Gasteiger partial charge in [0.2, 0.25) is 0 Å². The number of hydrogen-bond donors (Lipinski definition) is 1. The Bertz CT molecular complexity index is 515. The molecule has 0 radical (unpaired) electrons. The van der Waals surface area contributed by atoms with Gasteiger partial charge in [-0.1, -0.05) is 11.6 Å². The summed E-state index contributed by atoms with van der Waals surface area (Å²) in [5.41, 5.74) is 2.35. The molecule has 72 valence electrons. The summed E-state index contributed by atoms with van der Waals surface area (Å²) in [4.78, 5) is 0. The Hall–Kier alpha value is -1.15. The Labute approximate surface area is 86.7 Å². The highest BCUT2D eigenvalue weighted by Crippen LogP contribution is 2.36. The van der Waals surface area contributed by atoms with Gasteiger partial charge in [-0.3, -0.25) is 0 Å². The van der Waals surface area contributed by atoms with E-state index in [0.29, 0.717) is 0 Å². The van der Waals surface area contributed by atoms with E-state index in [1.807, 2.05) is 6.07 Å². The summed E-state index contributed by atoms with van der Waals surface area (Å²) < 4.78 is 2.25. The van der Waals surface area contributed by atoms with Gasteiger partial charge in [-0.05, 0) is 31.0 Å². The average molecular weight is 208 g/mol. The first kappa shape index (κ1) is 8.18. The third-order valence-corrected chi connectivity index (χ3v) is 3.30. The van der Waals surface area contributed by atoms with E-state index in [0.717, 1.165) is 28.9 Å². The van der Waals surface area contributed by atoms with E-state index in [1.54, 1.807) is 12.1 Å². The molecule has 1 aliphatic rings.